The summed E-state index contributed by atoms with van der Waals surface area (Å²) in [7, 11) is 0. The Hall–Kier alpha value is -1.01. The molecule has 74 valence electrons. The van der Waals surface area contributed by atoms with Crippen LogP contribution in [-0.2, 0) is 9.53 Å². The molecule has 0 heterocycles. The second-order valence-corrected chi connectivity index (χ2v) is 3.76. The van der Waals surface area contributed by atoms with E-state index in [1.54, 1.807) is 6.92 Å². The first kappa shape index (κ1) is 12.0. The van der Waals surface area contributed by atoms with Gasteiger partial charge in [0.05, 0.1) is 6.61 Å². The highest BCUT2D eigenvalue weighted by Gasteiger charge is 2.19. The smallest absolute Gasteiger partial charge is 0.384 e. The summed E-state index contributed by atoms with van der Waals surface area (Å²) in [5.74, 6) is 4.08. The minimum absolute atomic E-state index is 0.305. The summed E-state index contributed by atoms with van der Waals surface area (Å²) in [6.07, 6.45) is -0.808. The van der Waals surface area contributed by atoms with Crippen molar-refractivity contribution in [1.82, 2.24) is 0 Å². The van der Waals surface area contributed by atoms with Crippen molar-refractivity contribution in [2.24, 2.45) is 5.41 Å². The van der Waals surface area contributed by atoms with Crippen LogP contribution in [0, 0.1) is 17.3 Å². The van der Waals surface area contributed by atoms with Crippen LogP contribution in [-0.4, -0.2) is 23.8 Å². The van der Waals surface area contributed by atoms with Gasteiger partial charge in [0.2, 0.25) is 0 Å². The van der Waals surface area contributed by atoms with Gasteiger partial charge >= 0.3 is 5.97 Å². The number of carbonyl (C=O) groups is 1. The molecule has 0 bridgehead atoms. The van der Waals surface area contributed by atoms with Gasteiger partial charge < -0.3 is 9.84 Å². The van der Waals surface area contributed by atoms with Crippen molar-refractivity contribution in [2.75, 3.05) is 6.61 Å². The fourth-order valence-electron chi connectivity index (χ4n) is 0.511. The molecule has 1 N–H and O–H groups in total. The number of aliphatic hydroxyl groups is 1. The average Bonchev–Trinajstić information content (AvgIpc) is 1.99. The highest BCUT2D eigenvalue weighted by molar-refractivity contribution is 5.88. The minimum Gasteiger partial charge on any atom is -0.456 e. The summed E-state index contributed by atoms with van der Waals surface area (Å²) < 4.78 is 4.58. The van der Waals surface area contributed by atoms with Crippen molar-refractivity contribution in [3.63, 3.8) is 0 Å². The summed E-state index contributed by atoms with van der Waals surface area (Å²) in [6, 6.07) is 0. The van der Waals surface area contributed by atoms with E-state index >= 15 is 0 Å². The number of hydrogen-bond donors (Lipinski definition) is 1. The van der Waals surface area contributed by atoms with Gasteiger partial charge in [0.1, 0.15) is 6.10 Å². The molecule has 0 aromatic heterocycles. The molecule has 0 saturated heterocycles. The molecule has 0 fully saturated rings. The maximum atomic E-state index is 10.8. The minimum atomic E-state index is -0.808. The predicted octanol–water partition coefficient (Wildman–Crippen LogP) is 0.960. The second-order valence-electron chi connectivity index (χ2n) is 3.76. The fourth-order valence-corrected chi connectivity index (χ4v) is 0.511. The topological polar surface area (TPSA) is 46.5 Å². The van der Waals surface area contributed by atoms with Gasteiger partial charge in [0.15, 0.2) is 0 Å². The van der Waals surface area contributed by atoms with E-state index in [1.165, 1.54) is 0 Å². The van der Waals surface area contributed by atoms with Gasteiger partial charge in [-0.1, -0.05) is 26.7 Å². The van der Waals surface area contributed by atoms with Gasteiger partial charge in [0, 0.05) is 5.92 Å². The molecule has 0 rings (SSSR count). The maximum absolute atomic E-state index is 10.8. The Morgan fingerprint density at radius 3 is 2.46 bits per heavy atom. The SMILES string of the molecule is CCOC(=O)C#C[C@@H](O)C(C)(C)C. The van der Waals surface area contributed by atoms with Crippen LogP contribution < -0.4 is 0 Å². The third-order valence-electron chi connectivity index (χ3n) is 1.41. The summed E-state index contributed by atoms with van der Waals surface area (Å²) >= 11 is 0. The Balaban J connectivity index is 4.18. The number of esters is 1. The monoisotopic (exact) mass is 184 g/mol. The number of rotatable bonds is 1. The lowest BCUT2D eigenvalue weighted by Gasteiger charge is -2.20. The van der Waals surface area contributed by atoms with E-state index < -0.39 is 12.1 Å². The van der Waals surface area contributed by atoms with Gasteiger partial charge in [-0.25, -0.2) is 4.79 Å². The molecule has 0 aromatic rings. The molecule has 0 aromatic carbocycles. The lowest BCUT2D eigenvalue weighted by Crippen LogP contribution is -2.24. The zero-order valence-electron chi connectivity index (χ0n) is 8.55. The van der Waals surface area contributed by atoms with Crippen molar-refractivity contribution < 1.29 is 14.6 Å². The first-order valence-corrected chi connectivity index (χ1v) is 4.24. The van der Waals surface area contributed by atoms with E-state index in [9.17, 15) is 9.90 Å². The quantitative estimate of drug-likeness (QED) is 0.375. The van der Waals surface area contributed by atoms with E-state index in [0.717, 1.165) is 0 Å². The molecule has 0 saturated carbocycles. The van der Waals surface area contributed by atoms with Gasteiger partial charge in [-0.2, -0.15) is 0 Å². The van der Waals surface area contributed by atoms with Crippen LogP contribution in [0.4, 0.5) is 0 Å². The molecule has 3 heteroatoms. The fraction of sp³-hybridized carbons (Fsp3) is 0.700. The van der Waals surface area contributed by atoms with Crippen LogP contribution in [0.3, 0.4) is 0 Å². The van der Waals surface area contributed by atoms with E-state index in [1.807, 2.05) is 20.8 Å². The largest absolute Gasteiger partial charge is 0.456 e. The molecule has 0 amide bonds. The predicted molar refractivity (Wildman–Crippen MR) is 49.9 cm³/mol. The zero-order valence-corrected chi connectivity index (χ0v) is 8.55. The summed E-state index contributed by atoms with van der Waals surface area (Å²) in [5, 5.41) is 9.42. The van der Waals surface area contributed by atoms with E-state index in [4.69, 9.17) is 0 Å². The van der Waals surface area contributed by atoms with Gasteiger partial charge in [-0.05, 0) is 12.3 Å². The highest BCUT2D eigenvalue weighted by Crippen LogP contribution is 2.17. The molecular formula is C10H16O3. The molecule has 0 aliphatic heterocycles. The lowest BCUT2D eigenvalue weighted by molar-refractivity contribution is -0.136. The molecule has 13 heavy (non-hydrogen) atoms. The standard InChI is InChI=1S/C10H16O3/c1-5-13-9(12)7-6-8(11)10(2,3)4/h8,11H,5H2,1-4H3/t8-/m1/s1. The zero-order chi connectivity index (χ0) is 10.5. The van der Waals surface area contributed by atoms with Gasteiger partial charge in [0.25, 0.3) is 0 Å². The summed E-state index contributed by atoms with van der Waals surface area (Å²) in [5.41, 5.74) is -0.334. The Kier molecular flexibility index (Phi) is 4.50. The van der Waals surface area contributed by atoms with Crippen LogP contribution >= 0.6 is 0 Å². The molecular weight excluding hydrogens is 168 g/mol. The molecule has 0 unspecified atom stereocenters. The van der Waals surface area contributed by atoms with Crippen molar-refractivity contribution >= 4 is 5.97 Å². The average molecular weight is 184 g/mol. The number of carbonyl (C=O) groups excluding carboxylic acids is 1. The normalized spacial score (nSPS) is 12.7. The number of hydrogen-bond acceptors (Lipinski definition) is 3. The Morgan fingerprint density at radius 1 is 1.54 bits per heavy atom. The first-order chi connectivity index (χ1) is 5.88. The maximum Gasteiger partial charge on any atom is 0.384 e. The highest BCUT2D eigenvalue weighted by atomic mass is 16.5. The molecule has 0 spiro atoms. The Labute approximate surface area is 79.1 Å². The van der Waals surface area contributed by atoms with E-state index in [0.29, 0.717) is 6.61 Å². The van der Waals surface area contributed by atoms with Crippen LogP contribution in [0.15, 0.2) is 0 Å². The van der Waals surface area contributed by atoms with Crippen LogP contribution in [0.2, 0.25) is 0 Å². The lowest BCUT2D eigenvalue weighted by atomic mass is 9.90. The summed E-state index contributed by atoms with van der Waals surface area (Å²) in [4.78, 5) is 10.8. The van der Waals surface area contributed by atoms with Gasteiger partial charge in [-0.15, -0.1) is 0 Å². The summed E-state index contributed by atoms with van der Waals surface area (Å²) in [6.45, 7) is 7.55. The number of ether oxygens (including phenoxy) is 1. The van der Waals surface area contributed by atoms with E-state index in [2.05, 4.69) is 16.6 Å². The molecule has 0 aliphatic carbocycles. The van der Waals surface area contributed by atoms with Crippen LogP contribution in [0.5, 0.6) is 0 Å². The molecule has 0 aliphatic rings. The van der Waals surface area contributed by atoms with Crippen molar-refractivity contribution in [3.05, 3.63) is 0 Å². The molecule has 0 radical (unpaired) electrons. The second kappa shape index (κ2) is 4.88. The van der Waals surface area contributed by atoms with Crippen LogP contribution in [0.25, 0.3) is 0 Å². The van der Waals surface area contributed by atoms with Crippen molar-refractivity contribution in [1.29, 1.82) is 0 Å². The van der Waals surface area contributed by atoms with Crippen molar-refractivity contribution in [2.45, 2.75) is 33.8 Å². The van der Waals surface area contributed by atoms with E-state index in [-0.39, 0.29) is 5.41 Å². The van der Waals surface area contributed by atoms with Crippen molar-refractivity contribution in [3.8, 4) is 11.8 Å². The van der Waals surface area contributed by atoms with Gasteiger partial charge in [-0.3, -0.25) is 0 Å². The Bertz CT molecular complexity index is 227. The number of aliphatic hydroxyl groups excluding tert-OH is 1. The molecule has 1 atom stereocenters. The third kappa shape index (κ3) is 5.26. The Morgan fingerprint density at radius 2 is 2.08 bits per heavy atom. The first-order valence-electron chi connectivity index (χ1n) is 4.24. The molecule has 3 nitrogen and oxygen atoms in total. The van der Waals surface area contributed by atoms with Crippen LogP contribution in [0.1, 0.15) is 27.7 Å². The third-order valence-corrected chi connectivity index (χ3v) is 1.41.